The van der Waals surface area contributed by atoms with Crippen LogP contribution in [-0.4, -0.2) is 18.4 Å². The Balaban J connectivity index is 1.81. The number of hydrogen-bond donors (Lipinski definition) is 2. The number of para-hydroxylation sites is 1. The molecule has 0 bridgehead atoms. The normalized spacial score (nSPS) is 10.1. The van der Waals surface area contributed by atoms with Crippen LogP contribution in [0, 0.1) is 6.92 Å². The molecule has 0 aliphatic heterocycles. The first-order chi connectivity index (χ1) is 10.6. The van der Waals surface area contributed by atoms with Gasteiger partial charge in [0, 0.05) is 23.0 Å². The maximum atomic E-state index is 12.0. The molecule has 2 aromatic carbocycles. The van der Waals surface area contributed by atoms with Crippen LogP contribution in [0.5, 0.6) is 0 Å². The summed E-state index contributed by atoms with van der Waals surface area (Å²) in [4.78, 5) is 23.9. The number of hydrogen-bond acceptors (Lipinski definition) is 2. The Morgan fingerprint density at radius 1 is 1.05 bits per heavy atom. The van der Waals surface area contributed by atoms with Crippen molar-refractivity contribution in [3.05, 3.63) is 64.1 Å². The third-order valence-corrected chi connectivity index (χ3v) is 3.87. The first kappa shape index (κ1) is 16.2. The van der Waals surface area contributed by atoms with Gasteiger partial charge in [0.2, 0.25) is 5.91 Å². The van der Waals surface area contributed by atoms with Crippen molar-refractivity contribution in [3.8, 4) is 0 Å². The predicted octanol–water partition coefficient (Wildman–Crippen LogP) is 3.52. The number of aryl methyl sites for hydroxylation is 1. The van der Waals surface area contributed by atoms with Crippen molar-refractivity contribution < 1.29 is 9.59 Å². The summed E-state index contributed by atoms with van der Waals surface area (Å²) in [5.74, 6) is -0.302. The number of rotatable bonds is 5. The molecule has 0 unspecified atom stereocenters. The quantitative estimate of drug-likeness (QED) is 0.856. The fourth-order valence-corrected chi connectivity index (χ4v) is 2.37. The number of carbonyl (C=O) groups excluding carboxylic acids is 2. The molecule has 114 valence electrons. The average molecular weight is 361 g/mol. The Morgan fingerprint density at radius 2 is 1.73 bits per heavy atom. The van der Waals surface area contributed by atoms with Crippen LogP contribution in [0.1, 0.15) is 22.3 Å². The average Bonchev–Trinajstić information content (AvgIpc) is 2.50. The van der Waals surface area contributed by atoms with E-state index in [0.717, 1.165) is 15.7 Å². The first-order valence-corrected chi connectivity index (χ1v) is 7.75. The molecule has 0 aromatic heterocycles. The van der Waals surface area contributed by atoms with Gasteiger partial charge in [-0.05, 0) is 46.6 Å². The number of amides is 2. The third-order valence-electron chi connectivity index (χ3n) is 3.18. The molecule has 4 nitrogen and oxygen atoms in total. The van der Waals surface area contributed by atoms with Crippen molar-refractivity contribution >= 4 is 33.4 Å². The number of benzene rings is 2. The summed E-state index contributed by atoms with van der Waals surface area (Å²) in [6.45, 7) is 2.18. The SMILES string of the molecule is Cc1ccccc1C(=O)NCCC(=O)Nc1ccccc1Br. The van der Waals surface area contributed by atoms with Gasteiger partial charge in [0.15, 0.2) is 0 Å². The van der Waals surface area contributed by atoms with Crippen LogP contribution < -0.4 is 10.6 Å². The fourth-order valence-electron chi connectivity index (χ4n) is 1.99. The second kappa shape index (κ2) is 7.75. The summed E-state index contributed by atoms with van der Waals surface area (Å²) in [6, 6.07) is 14.8. The highest BCUT2D eigenvalue weighted by molar-refractivity contribution is 9.10. The standard InChI is InChI=1S/C17H17BrN2O2/c1-12-6-2-3-7-13(12)17(22)19-11-10-16(21)20-15-9-5-4-8-14(15)18/h2-9H,10-11H2,1H3,(H,19,22)(H,20,21). The van der Waals surface area contributed by atoms with Crippen LogP contribution in [0.4, 0.5) is 5.69 Å². The van der Waals surface area contributed by atoms with E-state index in [4.69, 9.17) is 0 Å². The molecule has 2 N–H and O–H groups in total. The molecule has 0 heterocycles. The van der Waals surface area contributed by atoms with Gasteiger partial charge in [-0.1, -0.05) is 30.3 Å². The first-order valence-electron chi connectivity index (χ1n) is 6.96. The van der Waals surface area contributed by atoms with Crippen LogP contribution >= 0.6 is 15.9 Å². The van der Waals surface area contributed by atoms with E-state index >= 15 is 0 Å². The molecule has 22 heavy (non-hydrogen) atoms. The van der Waals surface area contributed by atoms with E-state index in [1.165, 1.54) is 0 Å². The summed E-state index contributed by atoms with van der Waals surface area (Å²) >= 11 is 3.37. The zero-order valence-electron chi connectivity index (χ0n) is 12.2. The summed E-state index contributed by atoms with van der Waals surface area (Å²) in [5, 5.41) is 5.56. The lowest BCUT2D eigenvalue weighted by atomic mass is 10.1. The number of halogens is 1. The lowest BCUT2D eigenvalue weighted by molar-refractivity contribution is -0.116. The Labute approximate surface area is 138 Å². The summed E-state index contributed by atoms with van der Waals surface area (Å²) in [7, 11) is 0. The number of nitrogens with one attached hydrogen (secondary N) is 2. The van der Waals surface area contributed by atoms with Gasteiger partial charge < -0.3 is 10.6 Å². The monoisotopic (exact) mass is 360 g/mol. The minimum Gasteiger partial charge on any atom is -0.352 e. The molecule has 0 saturated carbocycles. The van der Waals surface area contributed by atoms with Gasteiger partial charge in [0.25, 0.3) is 5.91 Å². The molecule has 2 rings (SSSR count). The maximum absolute atomic E-state index is 12.0. The molecular weight excluding hydrogens is 344 g/mol. The van der Waals surface area contributed by atoms with Crippen molar-refractivity contribution in [2.75, 3.05) is 11.9 Å². The Morgan fingerprint density at radius 3 is 2.45 bits per heavy atom. The minimum absolute atomic E-state index is 0.142. The van der Waals surface area contributed by atoms with Gasteiger partial charge in [0.1, 0.15) is 0 Å². The second-order valence-electron chi connectivity index (χ2n) is 4.85. The summed E-state index contributed by atoms with van der Waals surface area (Å²) in [5.41, 5.74) is 2.27. The fraction of sp³-hybridized carbons (Fsp3) is 0.176. The smallest absolute Gasteiger partial charge is 0.251 e. The maximum Gasteiger partial charge on any atom is 0.251 e. The Hall–Kier alpha value is -2.14. The van der Waals surface area contributed by atoms with E-state index in [1.54, 1.807) is 6.07 Å². The third kappa shape index (κ3) is 4.43. The van der Waals surface area contributed by atoms with Gasteiger partial charge >= 0.3 is 0 Å². The second-order valence-corrected chi connectivity index (χ2v) is 5.70. The van der Waals surface area contributed by atoms with E-state index in [0.29, 0.717) is 12.1 Å². The van der Waals surface area contributed by atoms with Gasteiger partial charge in [-0.2, -0.15) is 0 Å². The van der Waals surface area contributed by atoms with Crippen LogP contribution in [0.2, 0.25) is 0 Å². The van der Waals surface area contributed by atoms with Crippen LogP contribution in [0.3, 0.4) is 0 Å². The number of anilines is 1. The Bertz CT molecular complexity index is 686. The van der Waals surface area contributed by atoms with Crippen molar-refractivity contribution in [2.24, 2.45) is 0 Å². The zero-order valence-corrected chi connectivity index (χ0v) is 13.8. The number of carbonyl (C=O) groups is 2. The summed E-state index contributed by atoms with van der Waals surface area (Å²) < 4.78 is 0.826. The van der Waals surface area contributed by atoms with Gasteiger partial charge in [-0.25, -0.2) is 0 Å². The predicted molar refractivity (Wildman–Crippen MR) is 90.9 cm³/mol. The minimum atomic E-state index is -0.160. The molecule has 0 aliphatic rings. The molecule has 0 radical (unpaired) electrons. The van der Waals surface area contributed by atoms with Crippen LogP contribution in [-0.2, 0) is 4.79 Å². The molecular formula is C17H17BrN2O2. The lowest BCUT2D eigenvalue weighted by Gasteiger charge is -2.09. The van der Waals surface area contributed by atoms with Gasteiger partial charge in [0.05, 0.1) is 5.69 Å². The molecule has 0 aliphatic carbocycles. The highest BCUT2D eigenvalue weighted by Gasteiger charge is 2.09. The van der Waals surface area contributed by atoms with Crippen molar-refractivity contribution in [1.82, 2.24) is 5.32 Å². The lowest BCUT2D eigenvalue weighted by Crippen LogP contribution is -2.28. The van der Waals surface area contributed by atoms with Crippen molar-refractivity contribution in [1.29, 1.82) is 0 Å². The zero-order chi connectivity index (χ0) is 15.9. The summed E-state index contributed by atoms with van der Waals surface area (Å²) in [6.07, 6.45) is 0.221. The van der Waals surface area contributed by atoms with E-state index < -0.39 is 0 Å². The Kier molecular flexibility index (Phi) is 5.72. The molecule has 0 spiro atoms. The van der Waals surface area contributed by atoms with Crippen molar-refractivity contribution in [3.63, 3.8) is 0 Å². The largest absolute Gasteiger partial charge is 0.352 e. The van der Waals surface area contributed by atoms with E-state index in [-0.39, 0.29) is 18.2 Å². The van der Waals surface area contributed by atoms with Crippen molar-refractivity contribution in [2.45, 2.75) is 13.3 Å². The molecule has 2 aromatic rings. The van der Waals surface area contributed by atoms with Gasteiger partial charge in [-0.3, -0.25) is 9.59 Å². The molecule has 2 amide bonds. The van der Waals surface area contributed by atoms with Gasteiger partial charge in [-0.15, -0.1) is 0 Å². The van der Waals surface area contributed by atoms with E-state index in [9.17, 15) is 9.59 Å². The van der Waals surface area contributed by atoms with Crippen LogP contribution in [0.25, 0.3) is 0 Å². The highest BCUT2D eigenvalue weighted by Crippen LogP contribution is 2.21. The molecule has 0 atom stereocenters. The van der Waals surface area contributed by atoms with Crippen LogP contribution in [0.15, 0.2) is 53.0 Å². The van der Waals surface area contributed by atoms with E-state index in [1.807, 2.05) is 49.4 Å². The highest BCUT2D eigenvalue weighted by atomic mass is 79.9. The molecule has 5 heteroatoms. The molecule has 0 saturated heterocycles. The topological polar surface area (TPSA) is 58.2 Å². The van der Waals surface area contributed by atoms with E-state index in [2.05, 4.69) is 26.6 Å². The molecule has 0 fully saturated rings.